The number of halogens is 1. The minimum atomic E-state index is -0.260. The molecule has 3 N–H and O–H groups in total. The van der Waals surface area contributed by atoms with Crippen LogP contribution in [0.25, 0.3) is 0 Å². The molecule has 3 unspecified atom stereocenters. The summed E-state index contributed by atoms with van der Waals surface area (Å²) in [6.07, 6.45) is 3.23. The maximum absolute atomic E-state index is 12.9. The van der Waals surface area contributed by atoms with Crippen LogP contribution in [0.3, 0.4) is 0 Å². The number of carbonyl (C=O) groups is 2. The molecule has 3 atom stereocenters. The molecule has 1 aliphatic heterocycles. The third kappa shape index (κ3) is 4.30. The summed E-state index contributed by atoms with van der Waals surface area (Å²) in [4.78, 5) is 26.8. The van der Waals surface area contributed by atoms with Crippen molar-refractivity contribution in [1.82, 2.24) is 10.2 Å². The van der Waals surface area contributed by atoms with E-state index in [1.165, 1.54) is 0 Å². The van der Waals surface area contributed by atoms with Crippen molar-refractivity contribution in [2.75, 3.05) is 20.7 Å². The summed E-state index contributed by atoms with van der Waals surface area (Å²) >= 11 is 0. The van der Waals surface area contributed by atoms with E-state index < -0.39 is 0 Å². The molecule has 1 saturated carbocycles. The van der Waals surface area contributed by atoms with E-state index in [2.05, 4.69) is 5.32 Å². The molecule has 1 heterocycles. The normalized spacial score (nSPS) is 23.8. The zero-order valence-corrected chi connectivity index (χ0v) is 16.1. The number of carbonyl (C=O) groups excluding carboxylic acids is 2. The van der Waals surface area contributed by atoms with Gasteiger partial charge in [0.1, 0.15) is 5.75 Å². The highest BCUT2D eigenvalue weighted by Gasteiger charge is 2.40. The topological polar surface area (TPSA) is 84.7 Å². The van der Waals surface area contributed by atoms with Gasteiger partial charge >= 0.3 is 0 Å². The van der Waals surface area contributed by atoms with E-state index in [1.807, 2.05) is 24.3 Å². The van der Waals surface area contributed by atoms with Crippen LogP contribution in [0.5, 0.6) is 5.75 Å². The molecule has 0 aromatic heterocycles. The summed E-state index contributed by atoms with van der Waals surface area (Å²) in [6.45, 7) is 0.463. The fourth-order valence-corrected chi connectivity index (χ4v) is 3.73. The van der Waals surface area contributed by atoms with Crippen molar-refractivity contribution in [2.24, 2.45) is 17.6 Å². The number of benzene rings is 1. The van der Waals surface area contributed by atoms with Crippen LogP contribution in [0.2, 0.25) is 0 Å². The van der Waals surface area contributed by atoms with Gasteiger partial charge in [0, 0.05) is 26.1 Å². The predicted octanol–water partition coefficient (Wildman–Crippen LogP) is 1.88. The van der Waals surface area contributed by atoms with E-state index in [4.69, 9.17) is 10.5 Å². The average molecular weight is 382 g/mol. The molecule has 2 fully saturated rings. The summed E-state index contributed by atoms with van der Waals surface area (Å²) in [5.74, 6) is 1.08. The van der Waals surface area contributed by atoms with E-state index in [0.717, 1.165) is 24.2 Å². The number of nitrogens with zero attached hydrogens (tertiary/aromatic N) is 1. The van der Waals surface area contributed by atoms with Gasteiger partial charge in [0.25, 0.3) is 0 Å². The average Bonchev–Trinajstić information content (AvgIpc) is 3.47. The van der Waals surface area contributed by atoms with Crippen molar-refractivity contribution in [3.05, 3.63) is 29.8 Å². The number of hydrogen-bond acceptors (Lipinski definition) is 4. The molecule has 6 nitrogen and oxygen atoms in total. The molecule has 1 aromatic carbocycles. The fourth-order valence-electron chi connectivity index (χ4n) is 3.73. The molecule has 26 heavy (non-hydrogen) atoms. The summed E-state index contributed by atoms with van der Waals surface area (Å²) in [7, 11) is 3.39. The van der Waals surface area contributed by atoms with Crippen LogP contribution in [-0.4, -0.2) is 43.5 Å². The van der Waals surface area contributed by atoms with Gasteiger partial charge in [-0.25, -0.2) is 0 Å². The number of nitrogens with two attached hydrogens (primary N) is 1. The van der Waals surface area contributed by atoms with Crippen LogP contribution in [0.1, 0.15) is 37.3 Å². The predicted molar refractivity (Wildman–Crippen MR) is 102 cm³/mol. The first-order chi connectivity index (χ1) is 12.0. The highest BCUT2D eigenvalue weighted by molar-refractivity contribution is 5.85. The van der Waals surface area contributed by atoms with Gasteiger partial charge in [0.15, 0.2) is 0 Å². The Kier molecular flexibility index (Phi) is 6.89. The lowest BCUT2D eigenvalue weighted by molar-refractivity contribution is -0.141. The minimum Gasteiger partial charge on any atom is -0.497 e. The second kappa shape index (κ2) is 8.73. The number of amides is 2. The Morgan fingerprint density at radius 3 is 2.50 bits per heavy atom. The van der Waals surface area contributed by atoms with Crippen molar-refractivity contribution in [2.45, 2.75) is 37.8 Å². The van der Waals surface area contributed by atoms with Crippen molar-refractivity contribution in [3.63, 3.8) is 0 Å². The first kappa shape index (κ1) is 20.5. The van der Waals surface area contributed by atoms with Crippen LogP contribution in [0, 0.1) is 11.8 Å². The molecule has 1 aromatic rings. The van der Waals surface area contributed by atoms with Crippen LogP contribution >= 0.6 is 12.4 Å². The van der Waals surface area contributed by atoms with E-state index in [-0.39, 0.29) is 42.2 Å². The molecule has 0 spiro atoms. The lowest BCUT2D eigenvalue weighted by Crippen LogP contribution is -2.50. The first-order valence-corrected chi connectivity index (χ1v) is 8.95. The largest absolute Gasteiger partial charge is 0.497 e. The Morgan fingerprint density at radius 1 is 1.31 bits per heavy atom. The maximum Gasteiger partial charge on any atom is 0.225 e. The molecular formula is C19H28ClN3O3. The molecule has 0 radical (unpaired) electrons. The Morgan fingerprint density at radius 2 is 1.96 bits per heavy atom. The second-order valence-corrected chi connectivity index (χ2v) is 7.06. The molecule has 2 amide bonds. The lowest BCUT2D eigenvalue weighted by Gasteiger charge is -2.39. The number of ether oxygens (including phenoxy) is 1. The summed E-state index contributed by atoms with van der Waals surface area (Å²) in [5, 5.41) is 3.13. The standard InChI is InChI=1S/C19H27N3O3.ClH/c1-22-17(23)10-9-15(19(24)21-16(11-20)12-3-4-12)18(22)13-5-7-14(25-2)8-6-13;/h5-8,12,15-16,18H,3-4,9-11,20H2,1-2H3,(H,21,24);1H. The Balaban J connectivity index is 0.00000243. The number of hydrogen-bond donors (Lipinski definition) is 2. The minimum absolute atomic E-state index is 0. The first-order valence-electron chi connectivity index (χ1n) is 8.95. The van der Waals surface area contributed by atoms with Crippen LogP contribution in [0.15, 0.2) is 24.3 Å². The zero-order chi connectivity index (χ0) is 18.0. The van der Waals surface area contributed by atoms with Gasteiger partial charge in [-0.05, 0) is 42.9 Å². The second-order valence-electron chi connectivity index (χ2n) is 7.06. The van der Waals surface area contributed by atoms with Gasteiger partial charge in [-0.1, -0.05) is 12.1 Å². The monoisotopic (exact) mass is 381 g/mol. The van der Waals surface area contributed by atoms with E-state index in [1.54, 1.807) is 19.1 Å². The van der Waals surface area contributed by atoms with Crippen molar-refractivity contribution in [1.29, 1.82) is 0 Å². The summed E-state index contributed by atoms with van der Waals surface area (Å²) < 4.78 is 5.21. The van der Waals surface area contributed by atoms with Gasteiger partial charge in [-0.3, -0.25) is 9.59 Å². The number of piperidine rings is 1. The lowest BCUT2D eigenvalue weighted by atomic mass is 9.83. The quantitative estimate of drug-likeness (QED) is 0.787. The maximum atomic E-state index is 12.9. The molecule has 1 saturated heterocycles. The number of rotatable bonds is 6. The van der Waals surface area contributed by atoms with Crippen LogP contribution in [-0.2, 0) is 9.59 Å². The van der Waals surface area contributed by atoms with E-state index in [9.17, 15) is 9.59 Å². The van der Waals surface area contributed by atoms with Gasteiger partial charge in [0.05, 0.1) is 19.1 Å². The Bertz CT molecular complexity index is 633. The van der Waals surface area contributed by atoms with Crippen LogP contribution in [0.4, 0.5) is 0 Å². The SMILES string of the molecule is COc1ccc(C2C(C(=O)NC(CN)C3CC3)CCC(=O)N2C)cc1.Cl. The summed E-state index contributed by atoms with van der Waals surface area (Å²) in [6, 6.07) is 7.38. The fraction of sp³-hybridized carbons (Fsp3) is 0.579. The smallest absolute Gasteiger partial charge is 0.225 e. The number of nitrogens with one attached hydrogen (secondary N) is 1. The third-order valence-corrected chi connectivity index (χ3v) is 5.43. The summed E-state index contributed by atoms with van der Waals surface area (Å²) in [5.41, 5.74) is 6.78. The van der Waals surface area contributed by atoms with E-state index >= 15 is 0 Å². The van der Waals surface area contributed by atoms with Gasteiger partial charge in [0.2, 0.25) is 11.8 Å². The van der Waals surface area contributed by atoms with Crippen molar-refractivity contribution >= 4 is 24.2 Å². The Labute approximate surface area is 160 Å². The van der Waals surface area contributed by atoms with Crippen molar-refractivity contribution in [3.8, 4) is 5.75 Å². The number of methoxy groups -OCH3 is 1. The molecule has 2 aliphatic rings. The Hall–Kier alpha value is -1.79. The molecular weight excluding hydrogens is 354 g/mol. The van der Waals surface area contributed by atoms with Crippen molar-refractivity contribution < 1.29 is 14.3 Å². The van der Waals surface area contributed by atoms with Gasteiger partial charge in [-0.2, -0.15) is 0 Å². The highest BCUT2D eigenvalue weighted by atomic mass is 35.5. The van der Waals surface area contributed by atoms with Gasteiger partial charge < -0.3 is 20.7 Å². The third-order valence-electron chi connectivity index (χ3n) is 5.43. The number of likely N-dealkylation sites (tertiary alicyclic amines) is 1. The molecule has 3 rings (SSSR count). The highest BCUT2D eigenvalue weighted by Crippen LogP contribution is 2.37. The molecule has 7 heteroatoms. The molecule has 1 aliphatic carbocycles. The zero-order valence-electron chi connectivity index (χ0n) is 15.3. The molecule has 144 valence electrons. The van der Waals surface area contributed by atoms with Crippen LogP contribution < -0.4 is 15.8 Å². The molecule has 0 bridgehead atoms. The van der Waals surface area contributed by atoms with E-state index in [0.29, 0.717) is 25.3 Å². The van der Waals surface area contributed by atoms with Gasteiger partial charge in [-0.15, -0.1) is 12.4 Å².